The lowest BCUT2D eigenvalue weighted by Crippen LogP contribution is -2.63. The van der Waals surface area contributed by atoms with Crippen molar-refractivity contribution in [1.29, 1.82) is 0 Å². The van der Waals surface area contributed by atoms with Crippen molar-refractivity contribution in [2.24, 2.45) is 5.41 Å². The molecule has 1 saturated heterocycles. The van der Waals surface area contributed by atoms with Crippen molar-refractivity contribution in [3.8, 4) is 11.8 Å². The van der Waals surface area contributed by atoms with Gasteiger partial charge in [-0.05, 0) is 37.1 Å². The molecule has 172 valence electrons. The largest absolute Gasteiger partial charge is 0.428 e. The van der Waals surface area contributed by atoms with E-state index in [-0.39, 0.29) is 5.56 Å². The van der Waals surface area contributed by atoms with E-state index < -0.39 is 22.8 Å². The molecule has 0 saturated carbocycles. The van der Waals surface area contributed by atoms with Gasteiger partial charge in [0.25, 0.3) is 0 Å². The van der Waals surface area contributed by atoms with Crippen LogP contribution in [0.25, 0.3) is 0 Å². The molecule has 1 aromatic heterocycles. The summed E-state index contributed by atoms with van der Waals surface area (Å²) in [5.41, 5.74) is -2.65. The molecule has 1 fully saturated rings. The molecule has 1 aliphatic rings. The van der Waals surface area contributed by atoms with E-state index in [0.29, 0.717) is 37.1 Å². The van der Waals surface area contributed by atoms with Crippen LogP contribution in [0.1, 0.15) is 55.9 Å². The topological polar surface area (TPSA) is 56.6 Å². The van der Waals surface area contributed by atoms with Crippen LogP contribution in [-0.4, -0.2) is 52.0 Å². The number of aromatic nitrogens is 1. The molecular weight excluding hydrogens is 417 g/mol. The van der Waals surface area contributed by atoms with E-state index >= 15 is 0 Å². The average Bonchev–Trinajstić information content (AvgIpc) is 2.70. The molecule has 0 radical (unpaired) electrons. The molecule has 2 heterocycles. The SMILES string of the molecule is CC(C)c1ccc([C@](O)(c2cncc(C#CC(C)(O)C(F)(F)F)c2)C2(C)CN(C)C2)cc1. The Kier molecular flexibility index (Phi) is 6.20. The van der Waals surface area contributed by atoms with Crippen molar-refractivity contribution < 1.29 is 23.4 Å². The zero-order valence-corrected chi connectivity index (χ0v) is 19.0. The molecule has 1 aromatic carbocycles. The summed E-state index contributed by atoms with van der Waals surface area (Å²) in [6.45, 7) is 8.03. The van der Waals surface area contributed by atoms with Gasteiger partial charge in [0.2, 0.25) is 5.60 Å². The maximum Gasteiger partial charge on any atom is 0.428 e. The second-order valence-electron chi connectivity index (χ2n) is 9.50. The Labute approximate surface area is 187 Å². The minimum Gasteiger partial charge on any atom is -0.380 e. The Hall–Kier alpha value is -2.40. The van der Waals surface area contributed by atoms with Crippen LogP contribution in [0, 0.1) is 17.3 Å². The van der Waals surface area contributed by atoms with Crippen LogP contribution in [0.5, 0.6) is 0 Å². The molecule has 0 spiro atoms. The lowest BCUT2D eigenvalue weighted by Gasteiger charge is -2.55. The summed E-state index contributed by atoms with van der Waals surface area (Å²) in [5, 5.41) is 21.7. The first kappa shape index (κ1) is 24.2. The van der Waals surface area contributed by atoms with E-state index in [2.05, 4.69) is 29.7 Å². The fraction of sp³-hybridized carbons (Fsp3) is 0.480. The highest BCUT2D eigenvalue weighted by Crippen LogP contribution is 2.50. The number of aliphatic hydroxyl groups is 2. The van der Waals surface area contributed by atoms with Crippen LogP contribution in [0.3, 0.4) is 0 Å². The van der Waals surface area contributed by atoms with Crippen LogP contribution < -0.4 is 0 Å². The van der Waals surface area contributed by atoms with Gasteiger partial charge in [0.15, 0.2) is 0 Å². The molecular formula is C25H29F3N2O2. The molecule has 32 heavy (non-hydrogen) atoms. The highest BCUT2D eigenvalue weighted by molar-refractivity contribution is 5.45. The number of halogens is 3. The van der Waals surface area contributed by atoms with Crippen molar-refractivity contribution in [2.75, 3.05) is 20.1 Å². The minimum atomic E-state index is -4.88. The Balaban J connectivity index is 2.09. The smallest absolute Gasteiger partial charge is 0.380 e. The van der Waals surface area contributed by atoms with Gasteiger partial charge in [0.05, 0.1) is 0 Å². The fourth-order valence-electron chi connectivity index (χ4n) is 4.32. The number of pyridine rings is 1. The Morgan fingerprint density at radius 2 is 1.66 bits per heavy atom. The molecule has 0 amide bonds. The standard InChI is InChI=1S/C25H29F3N2O2/c1-17(2)19-6-8-20(9-7-19)24(32,22(3)15-30(5)16-22)21-12-18(13-29-14-21)10-11-23(4,31)25(26,27)28/h6-9,12-14,17,31-32H,15-16H2,1-5H3/t23?,24-/m0/s1. The minimum absolute atomic E-state index is 0.181. The highest BCUT2D eigenvalue weighted by Gasteiger charge is 2.55. The molecule has 2 aromatic rings. The van der Waals surface area contributed by atoms with Gasteiger partial charge < -0.3 is 15.1 Å². The average molecular weight is 447 g/mol. The van der Waals surface area contributed by atoms with Gasteiger partial charge in [-0.1, -0.05) is 56.9 Å². The van der Waals surface area contributed by atoms with Crippen LogP contribution >= 0.6 is 0 Å². The van der Waals surface area contributed by atoms with Gasteiger partial charge >= 0.3 is 6.18 Å². The van der Waals surface area contributed by atoms with Gasteiger partial charge in [-0.15, -0.1) is 0 Å². The van der Waals surface area contributed by atoms with Gasteiger partial charge in [0.1, 0.15) is 5.60 Å². The number of rotatable bonds is 4. The number of hydrogen-bond donors (Lipinski definition) is 2. The quantitative estimate of drug-likeness (QED) is 0.696. The number of hydrogen-bond acceptors (Lipinski definition) is 4. The molecule has 2 atom stereocenters. The maximum absolute atomic E-state index is 12.9. The zero-order chi connectivity index (χ0) is 23.9. The predicted molar refractivity (Wildman–Crippen MR) is 117 cm³/mol. The Morgan fingerprint density at radius 3 is 2.16 bits per heavy atom. The summed E-state index contributed by atoms with van der Waals surface area (Å²) in [6, 6.07) is 9.30. The monoisotopic (exact) mass is 446 g/mol. The molecule has 2 N–H and O–H groups in total. The normalized spacial score (nSPS) is 20.0. The number of benzene rings is 1. The maximum atomic E-state index is 12.9. The molecule has 0 aliphatic carbocycles. The third-order valence-electron chi connectivity index (χ3n) is 6.26. The first-order chi connectivity index (χ1) is 14.7. The number of nitrogens with zero attached hydrogens (tertiary/aromatic N) is 2. The lowest BCUT2D eigenvalue weighted by molar-refractivity contribution is -0.228. The summed E-state index contributed by atoms with van der Waals surface area (Å²) in [4.78, 5) is 6.23. The van der Waals surface area contributed by atoms with Crippen LogP contribution in [0.15, 0.2) is 42.7 Å². The van der Waals surface area contributed by atoms with Crippen LogP contribution in [-0.2, 0) is 5.60 Å². The fourth-order valence-corrected chi connectivity index (χ4v) is 4.32. The third kappa shape index (κ3) is 4.27. The van der Waals surface area contributed by atoms with Crippen molar-refractivity contribution in [3.63, 3.8) is 0 Å². The van der Waals surface area contributed by atoms with Crippen molar-refractivity contribution in [3.05, 3.63) is 65.0 Å². The van der Waals surface area contributed by atoms with Gasteiger partial charge in [-0.25, -0.2) is 0 Å². The zero-order valence-electron chi connectivity index (χ0n) is 19.0. The van der Waals surface area contributed by atoms with Crippen molar-refractivity contribution in [1.82, 2.24) is 9.88 Å². The van der Waals surface area contributed by atoms with Crippen molar-refractivity contribution >= 4 is 0 Å². The molecule has 3 rings (SSSR count). The third-order valence-corrected chi connectivity index (χ3v) is 6.26. The molecule has 7 heteroatoms. The number of likely N-dealkylation sites (tertiary alicyclic amines) is 1. The summed E-state index contributed by atoms with van der Waals surface area (Å²) in [7, 11) is 1.96. The van der Waals surface area contributed by atoms with E-state index in [1.807, 2.05) is 44.2 Å². The summed E-state index contributed by atoms with van der Waals surface area (Å²) >= 11 is 0. The van der Waals surface area contributed by atoms with E-state index in [0.717, 1.165) is 5.56 Å². The molecule has 0 bridgehead atoms. The number of alkyl halides is 3. The Morgan fingerprint density at radius 1 is 1.06 bits per heavy atom. The summed E-state index contributed by atoms with van der Waals surface area (Å²) in [6.07, 6.45) is -2.04. The first-order valence-corrected chi connectivity index (χ1v) is 10.5. The molecule has 1 aliphatic heterocycles. The van der Waals surface area contributed by atoms with Crippen molar-refractivity contribution in [2.45, 2.75) is 51.0 Å². The van der Waals surface area contributed by atoms with E-state index in [4.69, 9.17) is 0 Å². The highest BCUT2D eigenvalue weighted by atomic mass is 19.4. The summed E-state index contributed by atoms with van der Waals surface area (Å²) < 4.78 is 38.8. The van der Waals surface area contributed by atoms with Crippen LogP contribution in [0.4, 0.5) is 13.2 Å². The van der Waals surface area contributed by atoms with Gasteiger partial charge in [0, 0.05) is 42.0 Å². The second kappa shape index (κ2) is 8.18. The van der Waals surface area contributed by atoms with Gasteiger partial charge in [-0.3, -0.25) is 4.98 Å². The molecule has 4 nitrogen and oxygen atoms in total. The first-order valence-electron chi connectivity index (χ1n) is 10.5. The second-order valence-corrected chi connectivity index (χ2v) is 9.50. The summed E-state index contributed by atoms with van der Waals surface area (Å²) in [5.74, 6) is 4.59. The van der Waals surface area contributed by atoms with Gasteiger partial charge in [-0.2, -0.15) is 13.2 Å². The van der Waals surface area contributed by atoms with E-state index in [1.54, 1.807) is 6.07 Å². The van der Waals surface area contributed by atoms with E-state index in [1.165, 1.54) is 12.4 Å². The predicted octanol–water partition coefficient (Wildman–Crippen LogP) is 4.06. The molecule has 1 unspecified atom stereocenters. The lowest BCUT2D eigenvalue weighted by atomic mass is 9.62. The van der Waals surface area contributed by atoms with E-state index in [9.17, 15) is 23.4 Å². The van der Waals surface area contributed by atoms with Crippen LogP contribution in [0.2, 0.25) is 0 Å². The Bertz CT molecular complexity index is 1030.